The fourth-order valence-corrected chi connectivity index (χ4v) is 2.94. The molecule has 3 rings (SSSR count). The predicted molar refractivity (Wildman–Crippen MR) is 102 cm³/mol. The highest BCUT2D eigenvalue weighted by atomic mass is 16.5. The Morgan fingerprint density at radius 1 is 1.20 bits per heavy atom. The molecule has 4 heteroatoms. The zero-order chi connectivity index (χ0) is 17.6. The van der Waals surface area contributed by atoms with Gasteiger partial charge in [-0.3, -0.25) is 9.98 Å². The van der Waals surface area contributed by atoms with Crippen LogP contribution in [0.1, 0.15) is 37.8 Å². The molecule has 0 radical (unpaired) electrons. The quantitative estimate of drug-likeness (QED) is 0.805. The van der Waals surface area contributed by atoms with E-state index in [-0.39, 0.29) is 6.10 Å². The van der Waals surface area contributed by atoms with Crippen LogP contribution in [0.3, 0.4) is 0 Å². The number of pyridine rings is 1. The van der Waals surface area contributed by atoms with Crippen molar-refractivity contribution in [2.45, 2.75) is 32.8 Å². The van der Waals surface area contributed by atoms with Gasteiger partial charge < -0.3 is 9.47 Å². The first-order valence-electron chi connectivity index (χ1n) is 8.68. The topological polar surface area (TPSA) is 43.7 Å². The van der Waals surface area contributed by atoms with Gasteiger partial charge in [-0.25, -0.2) is 0 Å². The van der Waals surface area contributed by atoms with Crippen LogP contribution in [0.25, 0.3) is 6.08 Å². The van der Waals surface area contributed by atoms with Gasteiger partial charge in [0.05, 0.1) is 18.9 Å². The fourth-order valence-electron chi connectivity index (χ4n) is 2.94. The number of hydrogen-bond acceptors (Lipinski definition) is 4. The van der Waals surface area contributed by atoms with Crippen LogP contribution in [0.4, 0.5) is 0 Å². The van der Waals surface area contributed by atoms with Gasteiger partial charge >= 0.3 is 0 Å². The van der Waals surface area contributed by atoms with Crippen molar-refractivity contribution in [3.8, 4) is 11.5 Å². The molecule has 2 aromatic rings. The number of methoxy groups -OCH3 is 1. The van der Waals surface area contributed by atoms with Crippen molar-refractivity contribution in [2.24, 2.45) is 4.99 Å². The van der Waals surface area contributed by atoms with E-state index in [2.05, 4.69) is 17.1 Å². The zero-order valence-corrected chi connectivity index (χ0v) is 15.0. The summed E-state index contributed by atoms with van der Waals surface area (Å²) in [5.74, 6) is 1.63. The maximum absolute atomic E-state index is 5.76. The molecule has 0 saturated heterocycles. The van der Waals surface area contributed by atoms with Crippen LogP contribution >= 0.6 is 0 Å². The number of allylic oxidation sites excluding steroid dienone is 1. The maximum atomic E-state index is 5.76. The highest BCUT2D eigenvalue weighted by Crippen LogP contribution is 2.30. The van der Waals surface area contributed by atoms with Crippen LogP contribution in [0.2, 0.25) is 0 Å². The molecule has 130 valence electrons. The molecule has 25 heavy (non-hydrogen) atoms. The van der Waals surface area contributed by atoms with Crippen LogP contribution in [0.5, 0.6) is 11.5 Å². The van der Waals surface area contributed by atoms with E-state index in [1.165, 1.54) is 5.57 Å². The molecule has 0 bridgehead atoms. The van der Waals surface area contributed by atoms with E-state index in [1.807, 2.05) is 44.3 Å². The molecule has 1 aliphatic heterocycles. The lowest BCUT2D eigenvalue weighted by molar-refractivity contribution is 0.241. The summed E-state index contributed by atoms with van der Waals surface area (Å²) in [4.78, 5) is 8.96. The van der Waals surface area contributed by atoms with Crippen molar-refractivity contribution in [1.29, 1.82) is 0 Å². The van der Waals surface area contributed by atoms with E-state index >= 15 is 0 Å². The normalized spacial score (nSPS) is 16.0. The minimum Gasteiger partial charge on any atom is -0.496 e. The van der Waals surface area contributed by atoms with Crippen molar-refractivity contribution in [3.63, 3.8) is 0 Å². The van der Waals surface area contributed by atoms with Gasteiger partial charge in [0.25, 0.3) is 0 Å². The van der Waals surface area contributed by atoms with Gasteiger partial charge in [-0.2, -0.15) is 0 Å². The van der Waals surface area contributed by atoms with Gasteiger partial charge in [0.2, 0.25) is 0 Å². The number of aromatic nitrogens is 1. The molecule has 0 fully saturated rings. The summed E-state index contributed by atoms with van der Waals surface area (Å²) in [6, 6.07) is 9.97. The SMILES string of the molecule is COc1cc(OC(C)C)ccc1C=C1CCCN=C1c1cccnc1. The number of aliphatic imine (C=N–C) groups is 1. The van der Waals surface area contributed by atoms with Crippen molar-refractivity contribution in [1.82, 2.24) is 4.98 Å². The summed E-state index contributed by atoms with van der Waals surface area (Å²) >= 11 is 0. The molecule has 1 aromatic carbocycles. The molecule has 0 spiro atoms. The minimum absolute atomic E-state index is 0.136. The molecule has 1 aliphatic rings. The van der Waals surface area contributed by atoms with E-state index in [9.17, 15) is 0 Å². The monoisotopic (exact) mass is 336 g/mol. The fraction of sp³-hybridized carbons (Fsp3) is 0.333. The number of benzene rings is 1. The molecule has 0 unspecified atom stereocenters. The Kier molecular flexibility index (Phi) is 5.49. The Hall–Kier alpha value is -2.62. The summed E-state index contributed by atoms with van der Waals surface area (Å²) in [5.41, 5.74) is 4.35. The lowest BCUT2D eigenvalue weighted by Crippen LogP contribution is -2.12. The maximum Gasteiger partial charge on any atom is 0.129 e. The van der Waals surface area contributed by atoms with E-state index < -0.39 is 0 Å². The van der Waals surface area contributed by atoms with Gasteiger partial charge in [-0.1, -0.05) is 0 Å². The van der Waals surface area contributed by atoms with Crippen LogP contribution in [0.15, 0.2) is 53.3 Å². The molecular formula is C21H24N2O2. The van der Waals surface area contributed by atoms with E-state index in [0.717, 1.165) is 47.7 Å². The minimum atomic E-state index is 0.136. The molecule has 0 amide bonds. The van der Waals surface area contributed by atoms with E-state index in [0.29, 0.717) is 0 Å². The van der Waals surface area contributed by atoms with Crippen LogP contribution < -0.4 is 9.47 Å². The summed E-state index contributed by atoms with van der Waals surface area (Å²) in [6.07, 6.45) is 8.02. The molecular weight excluding hydrogens is 312 g/mol. The van der Waals surface area contributed by atoms with Crippen LogP contribution in [-0.2, 0) is 0 Å². The number of ether oxygens (including phenoxy) is 2. The molecule has 0 N–H and O–H groups in total. The van der Waals surface area contributed by atoms with Gasteiger partial charge in [-0.05, 0) is 62.6 Å². The van der Waals surface area contributed by atoms with Crippen molar-refractivity contribution >= 4 is 11.8 Å². The Balaban J connectivity index is 1.95. The number of hydrogen-bond donors (Lipinski definition) is 0. The first kappa shape index (κ1) is 17.2. The van der Waals surface area contributed by atoms with E-state index in [4.69, 9.17) is 14.5 Å². The molecule has 4 nitrogen and oxygen atoms in total. The van der Waals surface area contributed by atoms with Gasteiger partial charge in [0.1, 0.15) is 11.5 Å². The Morgan fingerprint density at radius 3 is 2.80 bits per heavy atom. The van der Waals surface area contributed by atoms with Crippen molar-refractivity contribution in [3.05, 3.63) is 59.4 Å². The Labute approximate surface area is 149 Å². The van der Waals surface area contributed by atoms with Crippen molar-refractivity contribution < 1.29 is 9.47 Å². The van der Waals surface area contributed by atoms with E-state index in [1.54, 1.807) is 13.3 Å². The molecule has 0 atom stereocenters. The largest absolute Gasteiger partial charge is 0.496 e. The Bertz CT molecular complexity index is 780. The van der Waals surface area contributed by atoms with Gasteiger partial charge in [0.15, 0.2) is 0 Å². The third kappa shape index (κ3) is 4.27. The first-order chi connectivity index (χ1) is 12.2. The standard InChI is InChI=1S/C21H24N2O2/c1-15(2)25-19-9-8-16(20(13-19)24-3)12-17-6-5-11-23-21(17)18-7-4-10-22-14-18/h4,7-10,12-15H,5-6,11H2,1-3H3. The van der Waals surface area contributed by atoms with Gasteiger partial charge in [-0.15, -0.1) is 0 Å². The average molecular weight is 336 g/mol. The smallest absolute Gasteiger partial charge is 0.129 e. The molecule has 0 aliphatic carbocycles. The van der Waals surface area contributed by atoms with Crippen LogP contribution in [-0.4, -0.2) is 30.5 Å². The summed E-state index contributed by atoms with van der Waals surface area (Å²) in [5, 5.41) is 0. The second-order valence-electron chi connectivity index (χ2n) is 6.32. The lowest BCUT2D eigenvalue weighted by Gasteiger charge is -2.17. The average Bonchev–Trinajstić information content (AvgIpc) is 2.63. The second kappa shape index (κ2) is 7.97. The number of rotatable bonds is 5. The second-order valence-corrected chi connectivity index (χ2v) is 6.32. The van der Waals surface area contributed by atoms with Gasteiger partial charge in [0, 0.05) is 36.1 Å². The summed E-state index contributed by atoms with van der Waals surface area (Å²) in [6.45, 7) is 4.89. The Morgan fingerprint density at radius 2 is 2.08 bits per heavy atom. The zero-order valence-electron chi connectivity index (χ0n) is 15.0. The van der Waals surface area contributed by atoms with Crippen LogP contribution in [0, 0.1) is 0 Å². The first-order valence-corrected chi connectivity index (χ1v) is 8.68. The molecule has 1 aromatic heterocycles. The molecule has 0 saturated carbocycles. The molecule has 2 heterocycles. The third-order valence-corrected chi connectivity index (χ3v) is 4.02. The highest BCUT2D eigenvalue weighted by molar-refractivity contribution is 6.15. The highest BCUT2D eigenvalue weighted by Gasteiger charge is 2.15. The number of nitrogens with zero attached hydrogens (tertiary/aromatic N) is 2. The lowest BCUT2D eigenvalue weighted by atomic mass is 9.94. The summed E-state index contributed by atoms with van der Waals surface area (Å²) < 4.78 is 11.3. The summed E-state index contributed by atoms with van der Waals surface area (Å²) in [7, 11) is 1.69. The predicted octanol–water partition coefficient (Wildman–Crippen LogP) is 4.54. The third-order valence-electron chi connectivity index (χ3n) is 4.02. The van der Waals surface area contributed by atoms with Crippen molar-refractivity contribution in [2.75, 3.05) is 13.7 Å².